The van der Waals surface area contributed by atoms with E-state index in [0.29, 0.717) is 10.4 Å². The number of halogens is 2. The molecule has 0 fully saturated rings. The Balaban J connectivity index is 2.56. The minimum absolute atomic E-state index is 0.693. The van der Waals surface area contributed by atoms with E-state index in [4.69, 9.17) is 11.6 Å². The Morgan fingerprint density at radius 3 is 2.69 bits per heavy atom. The topological polar surface area (TPSA) is 30.7 Å². The van der Waals surface area contributed by atoms with Crippen molar-refractivity contribution in [3.63, 3.8) is 0 Å². The molecule has 16 heavy (non-hydrogen) atoms. The van der Waals surface area contributed by atoms with Gasteiger partial charge in [0.1, 0.15) is 5.82 Å². The Hall–Kier alpha value is -0.870. The fourth-order valence-electron chi connectivity index (χ4n) is 1.61. The van der Waals surface area contributed by atoms with E-state index in [1.807, 2.05) is 24.3 Å². The average molecular weight is 301 g/mol. The molecule has 0 aliphatic rings. The molecule has 0 saturated carbocycles. The SMILES string of the molecule is CCn1c(CBr)nnc1-c1ccccc1Cl. The third-order valence-electron chi connectivity index (χ3n) is 2.38. The van der Waals surface area contributed by atoms with E-state index in [0.717, 1.165) is 23.8 Å². The predicted octanol–water partition coefficient (Wildman–Crippen LogP) is 3.51. The third-order valence-corrected chi connectivity index (χ3v) is 3.21. The van der Waals surface area contributed by atoms with E-state index in [-0.39, 0.29) is 0 Å². The molecule has 1 aromatic carbocycles. The molecule has 84 valence electrons. The Bertz CT molecular complexity index is 496. The summed E-state index contributed by atoms with van der Waals surface area (Å²) in [7, 11) is 0. The second-order valence-corrected chi connectivity index (χ2v) is 4.27. The first kappa shape index (κ1) is 11.6. The first-order chi connectivity index (χ1) is 7.77. The Morgan fingerprint density at radius 1 is 1.31 bits per heavy atom. The molecular formula is C11H11BrClN3. The van der Waals surface area contributed by atoms with Crippen molar-refractivity contribution in [1.29, 1.82) is 0 Å². The van der Waals surface area contributed by atoms with Crippen LogP contribution in [0.2, 0.25) is 5.02 Å². The highest BCUT2D eigenvalue weighted by Crippen LogP contribution is 2.26. The fraction of sp³-hybridized carbons (Fsp3) is 0.273. The van der Waals surface area contributed by atoms with Gasteiger partial charge in [0, 0.05) is 12.1 Å². The van der Waals surface area contributed by atoms with Gasteiger partial charge in [-0.15, -0.1) is 10.2 Å². The number of hydrogen-bond acceptors (Lipinski definition) is 2. The molecule has 0 atom stereocenters. The van der Waals surface area contributed by atoms with Gasteiger partial charge >= 0.3 is 0 Å². The standard InChI is InChI=1S/C11H11BrClN3/c1-2-16-10(7-12)14-15-11(16)8-5-3-4-6-9(8)13/h3-6H,2,7H2,1H3. The largest absolute Gasteiger partial charge is 0.311 e. The first-order valence-electron chi connectivity index (χ1n) is 5.00. The van der Waals surface area contributed by atoms with E-state index in [9.17, 15) is 0 Å². The van der Waals surface area contributed by atoms with Gasteiger partial charge in [-0.1, -0.05) is 39.7 Å². The van der Waals surface area contributed by atoms with Gasteiger partial charge in [-0.3, -0.25) is 0 Å². The molecule has 2 aromatic rings. The van der Waals surface area contributed by atoms with Crippen LogP contribution in [0.15, 0.2) is 24.3 Å². The molecular weight excluding hydrogens is 289 g/mol. The summed E-state index contributed by atoms with van der Waals surface area (Å²) in [5.74, 6) is 1.74. The van der Waals surface area contributed by atoms with Crippen LogP contribution in [0.3, 0.4) is 0 Å². The number of hydrogen-bond donors (Lipinski definition) is 0. The molecule has 2 rings (SSSR count). The lowest BCUT2D eigenvalue weighted by molar-refractivity contribution is 0.733. The minimum Gasteiger partial charge on any atom is -0.311 e. The van der Waals surface area contributed by atoms with Crippen LogP contribution in [0.5, 0.6) is 0 Å². The van der Waals surface area contributed by atoms with Crippen molar-refractivity contribution in [2.24, 2.45) is 0 Å². The van der Waals surface area contributed by atoms with Gasteiger partial charge in [0.25, 0.3) is 0 Å². The van der Waals surface area contributed by atoms with Crippen molar-refractivity contribution in [3.05, 3.63) is 35.1 Å². The molecule has 0 unspecified atom stereocenters. The van der Waals surface area contributed by atoms with Crippen LogP contribution in [0.1, 0.15) is 12.7 Å². The molecule has 0 radical (unpaired) electrons. The van der Waals surface area contributed by atoms with Crippen molar-refractivity contribution in [1.82, 2.24) is 14.8 Å². The molecule has 0 amide bonds. The highest BCUT2D eigenvalue weighted by Gasteiger charge is 2.13. The van der Waals surface area contributed by atoms with Crippen molar-refractivity contribution >= 4 is 27.5 Å². The van der Waals surface area contributed by atoms with Crippen LogP contribution in [0.25, 0.3) is 11.4 Å². The zero-order valence-corrected chi connectivity index (χ0v) is 11.2. The van der Waals surface area contributed by atoms with E-state index >= 15 is 0 Å². The van der Waals surface area contributed by atoms with Gasteiger partial charge in [-0.05, 0) is 19.1 Å². The molecule has 0 aliphatic heterocycles. The van der Waals surface area contributed by atoms with Gasteiger partial charge in [-0.25, -0.2) is 0 Å². The number of rotatable bonds is 3. The van der Waals surface area contributed by atoms with E-state index in [1.54, 1.807) is 0 Å². The highest BCUT2D eigenvalue weighted by molar-refractivity contribution is 9.08. The first-order valence-corrected chi connectivity index (χ1v) is 6.50. The molecule has 5 heteroatoms. The Labute approximate surface area is 108 Å². The maximum absolute atomic E-state index is 6.15. The predicted molar refractivity (Wildman–Crippen MR) is 68.8 cm³/mol. The normalized spacial score (nSPS) is 10.7. The summed E-state index contributed by atoms with van der Waals surface area (Å²) in [4.78, 5) is 0. The maximum Gasteiger partial charge on any atom is 0.165 e. The summed E-state index contributed by atoms with van der Waals surface area (Å²) in [6.07, 6.45) is 0. The number of nitrogens with zero attached hydrogens (tertiary/aromatic N) is 3. The smallest absolute Gasteiger partial charge is 0.165 e. The van der Waals surface area contributed by atoms with E-state index in [1.165, 1.54) is 0 Å². The van der Waals surface area contributed by atoms with Crippen LogP contribution in [-0.4, -0.2) is 14.8 Å². The Morgan fingerprint density at radius 2 is 2.06 bits per heavy atom. The fourth-order valence-corrected chi connectivity index (χ4v) is 2.24. The van der Waals surface area contributed by atoms with Crippen molar-refractivity contribution in [2.45, 2.75) is 18.8 Å². The summed E-state index contributed by atoms with van der Waals surface area (Å²) in [6, 6.07) is 7.67. The summed E-state index contributed by atoms with van der Waals surface area (Å²) < 4.78 is 2.05. The summed E-state index contributed by atoms with van der Waals surface area (Å²) in [5, 5.41) is 9.71. The van der Waals surface area contributed by atoms with Crippen LogP contribution in [-0.2, 0) is 11.9 Å². The van der Waals surface area contributed by atoms with E-state index < -0.39 is 0 Å². The lowest BCUT2D eigenvalue weighted by Crippen LogP contribution is -2.02. The number of alkyl halides is 1. The zero-order chi connectivity index (χ0) is 11.5. The molecule has 1 aromatic heterocycles. The second-order valence-electron chi connectivity index (χ2n) is 3.30. The van der Waals surface area contributed by atoms with Crippen molar-refractivity contribution in [3.8, 4) is 11.4 Å². The lowest BCUT2D eigenvalue weighted by Gasteiger charge is -2.07. The molecule has 0 saturated heterocycles. The van der Waals surface area contributed by atoms with Gasteiger partial charge in [-0.2, -0.15) is 0 Å². The molecule has 1 heterocycles. The minimum atomic E-state index is 0.693. The van der Waals surface area contributed by atoms with Crippen LogP contribution >= 0.6 is 27.5 Å². The maximum atomic E-state index is 6.15. The Kier molecular flexibility index (Phi) is 3.61. The van der Waals surface area contributed by atoms with Crippen LogP contribution in [0, 0.1) is 0 Å². The van der Waals surface area contributed by atoms with Crippen molar-refractivity contribution < 1.29 is 0 Å². The third kappa shape index (κ3) is 1.99. The summed E-state index contributed by atoms with van der Waals surface area (Å²) >= 11 is 9.54. The molecule has 0 bridgehead atoms. The quantitative estimate of drug-likeness (QED) is 0.812. The zero-order valence-electron chi connectivity index (χ0n) is 8.82. The number of aromatic nitrogens is 3. The van der Waals surface area contributed by atoms with Crippen molar-refractivity contribution in [2.75, 3.05) is 0 Å². The average Bonchev–Trinajstić information content (AvgIpc) is 2.72. The van der Waals surface area contributed by atoms with Gasteiger partial charge < -0.3 is 4.57 Å². The second kappa shape index (κ2) is 4.97. The molecule has 3 nitrogen and oxygen atoms in total. The van der Waals surface area contributed by atoms with Gasteiger partial charge in [0.05, 0.1) is 10.4 Å². The number of benzene rings is 1. The summed E-state index contributed by atoms with van der Waals surface area (Å²) in [5.41, 5.74) is 0.922. The van der Waals surface area contributed by atoms with Crippen LogP contribution < -0.4 is 0 Å². The summed E-state index contributed by atoms with van der Waals surface area (Å²) in [6.45, 7) is 2.89. The molecule has 0 N–H and O–H groups in total. The highest BCUT2D eigenvalue weighted by atomic mass is 79.9. The van der Waals surface area contributed by atoms with Gasteiger partial charge in [0.2, 0.25) is 0 Å². The van der Waals surface area contributed by atoms with E-state index in [2.05, 4.69) is 37.6 Å². The molecule has 0 spiro atoms. The van der Waals surface area contributed by atoms with Crippen LogP contribution in [0.4, 0.5) is 0 Å². The van der Waals surface area contributed by atoms with Gasteiger partial charge in [0.15, 0.2) is 5.82 Å². The molecule has 0 aliphatic carbocycles. The lowest BCUT2D eigenvalue weighted by atomic mass is 10.2. The monoisotopic (exact) mass is 299 g/mol.